The second kappa shape index (κ2) is 8.12. The second-order valence-corrected chi connectivity index (χ2v) is 7.07. The first-order valence-electron chi connectivity index (χ1n) is 9.13. The molecule has 0 radical (unpaired) electrons. The summed E-state index contributed by atoms with van der Waals surface area (Å²) >= 11 is 0. The van der Waals surface area contributed by atoms with Crippen LogP contribution in [-0.4, -0.2) is 46.7 Å². The lowest BCUT2D eigenvalue weighted by atomic mass is 10.0. The molecule has 2 N–H and O–H groups in total. The minimum atomic E-state index is -0.294. The Hall–Kier alpha value is -2.70. The quantitative estimate of drug-likeness (QED) is 0.803. The van der Waals surface area contributed by atoms with Gasteiger partial charge in [0.05, 0.1) is 17.7 Å². The second-order valence-electron chi connectivity index (χ2n) is 7.07. The third-order valence-corrected chi connectivity index (χ3v) is 5.22. The number of benzene rings is 2. The molecule has 0 bridgehead atoms. The van der Waals surface area contributed by atoms with Crippen LogP contribution in [0.2, 0.25) is 0 Å². The molecule has 0 spiro atoms. The molecule has 0 aromatic heterocycles. The van der Waals surface area contributed by atoms with E-state index in [1.165, 1.54) is 4.90 Å². The van der Waals surface area contributed by atoms with Gasteiger partial charge in [0, 0.05) is 24.7 Å². The van der Waals surface area contributed by atoms with E-state index < -0.39 is 0 Å². The van der Waals surface area contributed by atoms with Crippen LogP contribution in [0.25, 0.3) is 0 Å². The van der Waals surface area contributed by atoms with Gasteiger partial charge in [0.2, 0.25) is 0 Å². The van der Waals surface area contributed by atoms with E-state index in [-0.39, 0.29) is 42.7 Å². The Balaban J connectivity index is 0.00000225. The first-order valence-corrected chi connectivity index (χ1v) is 9.13. The third-order valence-electron chi connectivity index (χ3n) is 5.22. The molecule has 4 rings (SSSR count). The Kier molecular flexibility index (Phi) is 5.82. The molecule has 6 nitrogen and oxygen atoms in total. The van der Waals surface area contributed by atoms with Gasteiger partial charge in [0.25, 0.3) is 17.7 Å². The van der Waals surface area contributed by atoms with Gasteiger partial charge in [-0.15, -0.1) is 12.4 Å². The van der Waals surface area contributed by atoms with Gasteiger partial charge in [-0.1, -0.05) is 24.3 Å². The van der Waals surface area contributed by atoms with Crippen LogP contribution in [0.15, 0.2) is 48.5 Å². The minimum absolute atomic E-state index is 0. The number of likely N-dealkylation sites (tertiary alicyclic amines) is 1. The van der Waals surface area contributed by atoms with Crippen molar-refractivity contribution in [2.75, 3.05) is 13.1 Å². The predicted molar refractivity (Wildman–Crippen MR) is 107 cm³/mol. The Morgan fingerprint density at radius 2 is 1.57 bits per heavy atom. The average molecular weight is 400 g/mol. The highest BCUT2D eigenvalue weighted by molar-refractivity contribution is 6.21. The average Bonchev–Trinajstić information content (AvgIpc) is 2.93. The number of nitrogens with zero attached hydrogens (tertiary/aromatic N) is 2. The fourth-order valence-corrected chi connectivity index (χ4v) is 3.65. The molecule has 28 heavy (non-hydrogen) atoms. The van der Waals surface area contributed by atoms with Crippen molar-refractivity contribution >= 4 is 30.1 Å². The molecule has 3 amide bonds. The van der Waals surface area contributed by atoms with Crippen molar-refractivity contribution in [2.24, 2.45) is 5.73 Å². The zero-order valence-corrected chi connectivity index (χ0v) is 16.2. The van der Waals surface area contributed by atoms with Crippen LogP contribution >= 0.6 is 12.4 Å². The third kappa shape index (κ3) is 3.66. The number of fused-ring (bicyclic) bond motifs is 1. The number of hydrogen-bond acceptors (Lipinski definition) is 4. The fraction of sp³-hybridized carbons (Fsp3) is 0.286. The number of imide groups is 1. The zero-order valence-electron chi connectivity index (χ0n) is 15.3. The van der Waals surface area contributed by atoms with Crippen molar-refractivity contribution in [2.45, 2.75) is 25.4 Å². The molecule has 2 aliphatic rings. The largest absolute Gasteiger partial charge is 0.339 e. The van der Waals surface area contributed by atoms with E-state index in [2.05, 4.69) is 0 Å². The van der Waals surface area contributed by atoms with Crippen molar-refractivity contribution < 1.29 is 14.4 Å². The summed E-state index contributed by atoms with van der Waals surface area (Å²) in [5.41, 5.74) is 8.09. The number of carbonyl (C=O) groups excluding carboxylic acids is 3. The van der Waals surface area contributed by atoms with Crippen LogP contribution in [0.1, 0.15) is 49.5 Å². The maximum Gasteiger partial charge on any atom is 0.261 e. The van der Waals surface area contributed by atoms with Crippen LogP contribution in [0.5, 0.6) is 0 Å². The van der Waals surface area contributed by atoms with E-state index in [9.17, 15) is 14.4 Å². The highest BCUT2D eigenvalue weighted by atomic mass is 35.5. The Morgan fingerprint density at radius 1 is 0.964 bits per heavy atom. The van der Waals surface area contributed by atoms with Crippen LogP contribution in [0.4, 0.5) is 0 Å². The summed E-state index contributed by atoms with van der Waals surface area (Å²) in [7, 11) is 0. The molecule has 2 aromatic rings. The van der Waals surface area contributed by atoms with Gasteiger partial charge >= 0.3 is 0 Å². The number of nitrogens with two attached hydrogens (primary N) is 1. The predicted octanol–water partition coefficient (Wildman–Crippen LogP) is 2.47. The number of halogens is 1. The van der Waals surface area contributed by atoms with E-state index in [0.29, 0.717) is 29.8 Å². The fourth-order valence-electron chi connectivity index (χ4n) is 3.65. The molecule has 0 aliphatic carbocycles. The number of hydrogen-bond donors (Lipinski definition) is 1. The summed E-state index contributed by atoms with van der Waals surface area (Å²) in [5, 5.41) is 0. The molecule has 0 unspecified atom stereocenters. The van der Waals surface area contributed by atoms with E-state index in [1.807, 2.05) is 11.0 Å². The zero-order chi connectivity index (χ0) is 19.0. The van der Waals surface area contributed by atoms with Crippen LogP contribution in [-0.2, 0) is 6.54 Å². The summed E-state index contributed by atoms with van der Waals surface area (Å²) in [5.74, 6) is -0.624. The number of rotatable bonds is 3. The van der Waals surface area contributed by atoms with Gasteiger partial charge in [0.15, 0.2) is 0 Å². The van der Waals surface area contributed by atoms with Crippen molar-refractivity contribution in [3.63, 3.8) is 0 Å². The Labute approximate surface area is 169 Å². The van der Waals surface area contributed by atoms with E-state index in [4.69, 9.17) is 5.73 Å². The van der Waals surface area contributed by atoms with Gasteiger partial charge in [-0.3, -0.25) is 19.3 Å². The lowest BCUT2D eigenvalue weighted by molar-refractivity contribution is 0.0642. The molecule has 0 atom stereocenters. The van der Waals surface area contributed by atoms with Crippen LogP contribution in [0, 0.1) is 0 Å². The molecule has 1 saturated heterocycles. The standard InChI is InChI=1S/C21H21N3O3.ClH/c22-16-8-10-23(11-9-16)19(25)15-5-3-4-14(12-15)13-24-20(26)17-6-1-2-7-18(17)21(24)27;/h1-7,12,16H,8-11,13,22H2;1H. The van der Waals surface area contributed by atoms with Crippen LogP contribution in [0.3, 0.4) is 0 Å². The SMILES string of the molecule is Cl.NC1CCN(C(=O)c2cccc(CN3C(=O)c4ccccc4C3=O)c2)CC1. The Bertz CT molecular complexity index is 888. The summed E-state index contributed by atoms with van der Waals surface area (Å²) in [6.45, 7) is 1.46. The molecular weight excluding hydrogens is 378 g/mol. The lowest BCUT2D eigenvalue weighted by Crippen LogP contribution is -2.42. The topological polar surface area (TPSA) is 83.7 Å². The number of amides is 3. The smallest absolute Gasteiger partial charge is 0.261 e. The summed E-state index contributed by atoms with van der Waals surface area (Å²) in [6.07, 6.45) is 1.61. The molecule has 2 aliphatic heterocycles. The molecule has 0 saturated carbocycles. The minimum Gasteiger partial charge on any atom is -0.339 e. The van der Waals surface area contributed by atoms with E-state index in [0.717, 1.165) is 18.4 Å². The van der Waals surface area contributed by atoms with E-state index in [1.54, 1.807) is 42.5 Å². The van der Waals surface area contributed by atoms with Gasteiger partial charge < -0.3 is 10.6 Å². The van der Waals surface area contributed by atoms with Crippen molar-refractivity contribution in [3.05, 3.63) is 70.8 Å². The molecular formula is C21H22ClN3O3. The Morgan fingerprint density at radius 3 is 2.18 bits per heavy atom. The molecule has 7 heteroatoms. The van der Waals surface area contributed by atoms with Gasteiger partial charge in [-0.25, -0.2) is 0 Å². The number of piperidine rings is 1. The van der Waals surface area contributed by atoms with Gasteiger partial charge in [-0.05, 0) is 42.7 Å². The maximum atomic E-state index is 12.7. The van der Waals surface area contributed by atoms with Crippen molar-refractivity contribution in [3.8, 4) is 0 Å². The summed E-state index contributed by atoms with van der Waals surface area (Å²) in [6, 6.07) is 14.1. The van der Waals surface area contributed by atoms with Crippen molar-refractivity contribution in [1.82, 2.24) is 9.80 Å². The monoisotopic (exact) mass is 399 g/mol. The molecule has 1 fully saturated rings. The van der Waals surface area contributed by atoms with Crippen LogP contribution < -0.4 is 5.73 Å². The summed E-state index contributed by atoms with van der Waals surface area (Å²) < 4.78 is 0. The van der Waals surface area contributed by atoms with E-state index >= 15 is 0 Å². The van der Waals surface area contributed by atoms with Gasteiger partial charge in [0.1, 0.15) is 0 Å². The maximum absolute atomic E-state index is 12.7. The molecule has 2 heterocycles. The first kappa shape index (κ1) is 20.0. The van der Waals surface area contributed by atoms with Gasteiger partial charge in [-0.2, -0.15) is 0 Å². The van der Waals surface area contributed by atoms with Crippen molar-refractivity contribution in [1.29, 1.82) is 0 Å². The first-order chi connectivity index (χ1) is 13.0. The molecule has 146 valence electrons. The highest BCUT2D eigenvalue weighted by Crippen LogP contribution is 2.24. The normalized spacial score (nSPS) is 16.8. The molecule has 2 aromatic carbocycles. The summed E-state index contributed by atoms with van der Waals surface area (Å²) in [4.78, 5) is 40.8. The lowest BCUT2D eigenvalue weighted by Gasteiger charge is -2.30. The number of carbonyl (C=O) groups is 3. The highest BCUT2D eigenvalue weighted by Gasteiger charge is 2.35.